The highest BCUT2D eigenvalue weighted by Crippen LogP contribution is 2.19. The lowest BCUT2D eigenvalue weighted by Gasteiger charge is -2.26. The third kappa shape index (κ3) is 4.87. The van der Waals surface area contributed by atoms with E-state index in [-0.39, 0.29) is 0 Å². The van der Waals surface area contributed by atoms with Gasteiger partial charge in [0.1, 0.15) is 4.99 Å². The number of benzene rings is 1. The molecule has 2 aliphatic heterocycles. The Bertz CT molecular complexity index is 592. The van der Waals surface area contributed by atoms with Crippen LogP contribution >= 0.6 is 12.2 Å². The quantitative estimate of drug-likeness (QED) is 0.361. The van der Waals surface area contributed by atoms with Crippen molar-refractivity contribution in [2.24, 2.45) is 4.99 Å². The first-order chi connectivity index (χ1) is 11.8. The van der Waals surface area contributed by atoms with Crippen LogP contribution in [0, 0.1) is 0 Å². The van der Waals surface area contributed by atoms with Gasteiger partial charge in [-0.15, -0.1) is 0 Å². The molecular formula is C18H23N3O2S. The second-order valence-electron chi connectivity index (χ2n) is 5.76. The molecule has 128 valence electrons. The van der Waals surface area contributed by atoms with Gasteiger partial charge in [-0.3, -0.25) is 0 Å². The summed E-state index contributed by atoms with van der Waals surface area (Å²) in [5, 5.41) is 0. The molecule has 0 bridgehead atoms. The molecule has 0 aliphatic carbocycles. The van der Waals surface area contributed by atoms with Crippen LogP contribution in [0.5, 0.6) is 0 Å². The molecule has 2 saturated heterocycles. The molecule has 2 fully saturated rings. The summed E-state index contributed by atoms with van der Waals surface area (Å²) in [4.78, 5) is 9.55. The van der Waals surface area contributed by atoms with Gasteiger partial charge in [-0.05, 0) is 5.56 Å². The zero-order valence-corrected chi connectivity index (χ0v) is 14.6. The van der Waals surface area contributed by atoms with Gasteiger partial charge >= 0.3 is 0 Å². The molecule has 0 aromatic heterocycles. The number of aliphatic imine (C=N–C) groups is 1. The Morgan fingerprint density at radius 1 is 0.917 bits per heavy atom. The minimum atomic E-state index is 0.610. The van der Waals surface area contributed by atoms with Crippen molar-refractivity contribution in [2.45, 2.75) is 0 Å². The van der Waals surface area contributed by atoms with E-state index < -0.39 is 0 Å². The monoisotopic (exact) mass is 345 g/mol. The molecule has 0 N–H and O–H groups in total. The molecule has 0 amide bonds. The SMILES string of the molecule is S=C(N=CN1CCOCC1)/C(=C/N1CCOCC1)c1ccccc1. The Kier molecular flexibility index (Phi) is 6.34. The van der Waals surface area contributed by atoms with Crippen LogP contribution < -0.4 is 0 Å². The number of morpholine rings is 2. The largest absolute Gasteiger partial charge is 0.378 e. The summed E-state index contributed by atoms with van der Waals surface area (Å²) < 4.78 is 10.8. The summed E-state index contributed by atoms with van der Waals surface area (Å²) in [6.45, 7) is 6.48. The van der Waals surface area contributed by atoms with Crippen LogP contribution in [0.4, 0.5) is 0 Å². The summed E-state index contributed by atoms with van der Waals surface area (Å²) in [5.41, 5.74) is 2.07. The average molecular weight is 345 g/mol. The van der Waals surface area contributed by atoms with Gasteiger partial charge in [-0.2, -0.15) is 0 Å². The molecule has 2 heterocycles. The highest BCUT2D eigenvalue weighted by Gasteiger charge is 2.13. The first-order valence-corrected chi connectivity index (χ1v) is 8.73. The summed E-state index contributed by atoms with van der Waals surface area (Å²) in [5.74, 6) is 0. The molecule has 0 radical (unpaired) electrons. The minimum absolute atomic E-state index is 0.610. The van der Waals surface area contributed by atoms with Gasteiger partial charge in [0.05, 0.1) is 32.8 Å². The van der Waals surface area contributed by atoms with Crippen LogP contribution in [-0.4, -0.2) is 73.7 Å². The number of rotatable bonds is 4. The minimum Gasteiger partial charge on any atom is -0.378 e. The van der Waals surface area contributed by atoms with Crippen molar-refractivity contribution in [1.82, 2.24) is 9.80 Å². The van der Waals surface area contributed by atoms with Crippen molar-refractivity contribution in [3.63, 3.8) is 0 Å². The van der Waals surface area contributed by atoms with Crippen LogP contribution in [0.2, 0.25) is 0 Å². The van der Waals surface area contributed by atoms with Gasteiger partial charge in [0.15, 0.2) is 0 Å². The first kappa shape index (κ1) is 17.1. The molecule has 6 heteroatoms. The lowest BCUT2D eigenvalue weighted by Crippen LogP contribution is -2.35. The fourth-order valence-corrected chi connectivity index (χ4v) is 2.87. The molecule has 0 saturated carbocycles. The van der Waals surface area contributed by atoms with Gasteiger partial charge in [-0.1, -0.05) is 42.5 Å². The number of nitrogens with zero attached hydrogens (tertiary/aromatic N) is 3. The third-order valence-electron chi connectivity index (χ3n) is 4.06. The van der Waals surface area contributed by atoms with E-state index in [1.165, 1.54) is 0 Å². The van der Waals surface area contributed by atoms with E-state index in [9.17, 15) is 0 Å². The molecule has 24 heavy (non-hydrogen) atoms. The van der Waals surface area contributed by atoms with Gasteiger partial charge < -0.3 is 19.3 Å². The zero-order chi connectivity index (χ0) is 16.6. The van der Waals surface area contributed by atoms with Crippen molar-refractivity contribution < 1.29 is 9.47 Å². The van der Waals surface area contributed by atoms with Crippen LogP contribution in [0.15, 0.2) is 41.5 Å². The Morgan fingerprint density at radius 2 is 1.50 bits per heavy atom. The van der Waals surface area contributed by atoms with E-state index in [0.717, 1.165) is 63.7 Å². The maximum Gasteiger partial charge on any atom is 0.137 e. The third-order valence-corrected chi connectivity index (χ3v) is 4.38. The summed E-state index contributed by atoms with van der Waals surface area (Å²) in [6.07, 6.45) is 3.97. The maximum absolute atomic E-state index is 5.61. The molecule has 0 atom stereocenters. The zero-order valence-electron chi connectivity index (χ0n) is 13.8. The van der Waals surface area contributed by atoms with Gasteiger partial charge in [0.25, 0.3) is 0 Å². The van der Waals surface area contributed by atoms with E-state index in [1.807, 2.05) is 24.5 Å². The van der Waals surface area contributed by atoms with Gasteiger partial charge in [0.2, 0.25) is 0 Å². The Morgan fingerprint density at radius 3 is 2.12 bits per heavy atom. The van der Waals surface area contributed by atoms with Crippen LogP contribution in [0.1, 0.15) is 5.56 Å². The molecule has 1 aromatic carbocycles. The maximum atomic E-state index is 5.61. The van der Waals surface area contributed by atoms with E-state index in [2.05, 4.69) is 33.1 Å². The summed E-state index contributed by atoms with van der Waals surface area (Å²) >= 11 is 5.61. The topological polar surface area (TPSA) is 37.3 Å². The second-order valence-corrected chi connectivity index (χ2v) is 6.14. The van der Waals surface area contributed by atoms with E-state index >= 15 is 0 Å². The molecule has 5 nitrogen and oxygen atoms in total. The molecule has 3 rings (SSSR count). The van der Waals surface area contributed by atoms with Crippen LogP contribution in [0.3, 0.4) is 0 Å². The number of ether oxygens (including phenoxy) is 2. The predicted octanol–water partition coefficient (Wildman–Crippen LogP) is 2.05. The van der Waals surface area contributed by atoms with Gasteiger partial charge in [0, 0.05) is 38.0 Å². The molecule has 0 spiro atoms. The fraction of sp³-hybridized carbons (Fsp3) is 0.444. The standard InChI is InChI=1S/C18H23N3O2S/c24-18(19-15-21-8-12-23-13-9-21)17(16-4-2-1-3-5-16)14-20-6-10-22-11-7-20/h1-5,14-15H,6-13H2/b17-14+,19-15?. The number of hydrogen-bond donors (Lipinski definition) is 0. The van der Waals surface area contributed by atoms with Crippen molar-refractivity contribution >= 4 is 29.1 Å². The van der Waals surface area contributed by atoms with Crippen molar-refractivity contribution in [2.75, 3.05) is 52.6 Å². The van der Waals surface area contributed by atoms with Crippen molar-refractivity contribution in [3.05, 3.63) is 42.1 Å². The Hall–Kier alpha value is -1.76. The van der Waals surface area contributed by atoms with E-state index in [4.69, 9.17) is 21.7 Å². The predicted molar refractivity (Wildman–Crippen MR) is 100 cm³/mol. The van der Waals surface area contributed by atoms with Crippen LogP contribution in [0.25, 0.3) is 5.57 Å². The Labute approximate surface area is 148 Å². The number of thiocarbonyl (C=S) groups is 1. The van der Waals surface area contributed by atoms with Gasteiger partial charge in [-0.25, -0.2) is 4.99 Å². The first-order valence-electron chi connectivity index (χ1n) is 8.32. The number of hydrogen-bond acceptors (Lipinski definition) is 4. The smallest absolute Gasteiger partial charge is 0.137 e. The van der Waals surface area contributed by atoms with Crippen LogP contribution in [-0.2, 0) is 9.47 Å². The summed E-state index contributed by atoms with van der Waals surface area (Å²) in [7, 11) is 0. The molecule has 0 unspecified atom stereocenters. The molecule has 1 aromatic rings. The Balaban J connectivity index is 1.76. The van der Waals surface area contributed by atoms with Crippen molar-refractivity contribution in [1.29, 1.82) is 0 Å². The normalized spacial score (nSPS) is 19.8. The average Bonchev–Trinajstić information content (AvgIpc) is 2.66. The lowest BCUT2D eigenvalue weighted by molar-refractivity contribution is 0.0597. The van der Waals surface area contributed by atoms with E-state index in [0.29, 0.717) is 4.99 Å². The van der Waals surface area contributed by atoms with Crippen molar-refractivity contribution in [3.8, 4) is 0 Å². The lowest BCUT2D eigenvalue weighted by atomic mass is 10.1. The second kappa shape index (κ2) is 8.92. The van der Waals surface area contributed by atoms with E-state index in [1.54, 1.807) is 0 Å². The highest BCUT2D eigenvalue weighted by molar-refractivity contribution is 7.81. The molecule has 2 aliphatic rings. The molecular weight excluding hydrogens is 322 g/mol. The fourth-order valence-electron chi connectivity index (χ4n) is 2.66. The summed E-state index contributed by atoms with van der Waals surface area (Å²) in [6, 6.07) is 10.2. The highest BCUT2D eigenvalue weighted by atomic mass is 32.1.